The van der Waals surface area contributed by atoms with Gasteiger partial charge in [-0.1, -0.05) is 0 Å². The van der Waals surface area contributed by atoms with Crippen LogP contribution in [0.25, 0.3) is 16.9 Å². The van der Waals surface area contributed by atoms with E-state index in [4.69, 9.17) is 20.3 Å². The molecule has 0 unspecified atom stereocenters. The van der Waals surface area contributed by atoms with Gasteiger partial charge in [0.25, 0.3) is 0 Å². The fourth-order valence-electron chi connectivity index (χ4n) is 2.90. The molecule has 28 heavy (non-hydrogen) atoms. The predicted octanol–water partition coefficient (Wildman–Crippen LogP) is 4.00. The molecule has 8 heteroatoms. The molecule has 0 spiro atoms. The number of hydrogen-bond acceptors (Lipinski definition) is 5. The maximum atomic E-state index is 5.57. The van der Waals surface area contributed by atoms with Gasteiger partial charge in [-0.2, -0.15) is 5.10 Å². The number of aromatic nitrogens is 3. The van der Waals surface area contributed by atoms with Gasteiger partial charge in [0, 0.05) is 24.1 Å². The summed E-state index contributed by atoms with van der Waals surface area (Å²) in [7, 11) is 1.61. The Balaban J connectivity index is 0.00000140. The van der Waals surface area contributed by atoms with Gasteiger partial charge in [0.15, 0.2) is 0 Å². The van der Waals surface area contributed by atoms with Crippen molar-refractivity contribution in [2.45, 2.75) is 18.8 Å². The summed E-state index contributed by atoms with van der Waals surface area (Å²) in [5, 5.41) is 4.83. The maximum Gasteiger partial charge on any atom is 0.213 e. The summed E-state index contributed by atoms with van der Waals surface area (Å²) >= 11 is 0. The van der Waals surface area contributed by atoms with Crippen LogP contribution in [0.1, 0.15) is 24.5 Å². The molecular formula is C20H24Cl2N4O2. The Morgan fingerprint density at radius 1 is 1.11 bits per heavy atom. The summed E-state index contributed by atoms with van der Waals surface area (Å²) in [6.45, 7) is 1.02. The summed E-state index contributed by atoms with van der Waals surface area (Å²) in [5.41, 5.74) is 9.67. The quantitative estimate of drug-likeness (QED) is 0.622. The third-order valence-electron chi connectivity index (χ3n) is 4.43. The highest BCUT2D eigenvalue weighted by atomic mass is 35.5. The first-order valence-electron chi connectivity index (χ1n) is 8.82. The Kier molecular flexibility index (Phi) is 7.69. The highest BCUT2D eigenvalue weighted by Crippen LogP contribution is 2.41. The first-order chi connectivity index (χ1) is 12.8. The molecule has 0 radical (unpaired) electrons. The van der Waals surface area contributed by atoms with Gasteiger partial charge in [-0.15, -0.1) is 24.8 Å². The van der Waals surface area contributed by atoms with E-state index in [2.05, 4.69) is 11.1 Å². The maximum absolute atomic E-state index is 5.57. The predicted molar refractivity (Wildman–Crippen MR) is 114 cm³/mol. The van der Waals surface area contributed by atoms with Crippen LogP contribution in [0.3, 0.4) is 0 Å². The van der Waals surface area contributed by atoms with Crippen molar-refractivity contribution in [3.05, 3.63) is 54.4 Å². The van der Waals surface area contributed by atoms with Gasteiger partial charge < -0.3 is 15.2 Å². The summed E-state index contributed by atoms with van der Waals surface area (Å²) in [4.78, 5) is 4.31. The molecule has 6 nitrogen and oxygen atoms in total. The molecule has 2 heterocycles. The summed E-state index contributed by atoms with van der Waals surface area (Å²) in [5.74, 6) is 1.98. The molecule has 2 N–H and O–H groups in total. The fourth-order valence-corrected chi connectivity index (χ4v) is 2.90. The number of ether oxygens (including phenoxy) is 2. The second-order valence-corrected chi connectivity index (χ2v) is 6.36. The number of rotatable bonds is 7. The van der Waals surface area contributed by atoms with Crippen molar-refractivity contribution in [1.82, 2.24) is 14.8 Å². The standard InChI is InChI=1S/C20H22N4O2.2ClH/c1-25-20-9-6-16(13-22-20)24-19(12-18(23-24)14-2-3-14)15-4-7-17(8-5-15)26-11-10-21;;/h4-9,12-14H,2-3,10-11,21H2,1H3;2*1H. The molecular weight excluding hydrogens is 399 g/mol. The number of halogens is 2. The van der Waals surface area contributed by atoms with Gasteiger partial charge in [-0.3, -0.25) is 0 Å². The monoisotopic (exact) mass is 422 g/mol. The number of benzene rings is 1. The zero-order valence-corrected chi connectivity index (χ0v) is 17.2. The van der Waals surface area contributed by atoms with E-state index in [1.165, 1.54) is 12.8 Å². The highest BCUT2D eigenvalue weighted by Gasteiger charge is 2.28. The molecule has 0 aliphatic heterocycles. The van der Waals surface area contributed by atoms with Gasteiger partial charge in [-0.25, -0.2) is 9.67 Å². The second kappa shape index (κ2) is 9.78. The summed E-state index contributed by atoms with van der Waals surface area (Å²) in [6, 6.07) is 14.0. The van der Waals surface area contributed by atoms with Crippen LogP contribution in [0, 0.1) is 0 Å². The average Bonchev–Trinajstić information content (AvgIpc) is 3.45. The van der Waals surface area contributed by atoms with Gasteiger partial charge in [0.1, 0.15) is 12.4 Å². The van der Waals surface area contributed by atoms with Crippen LogP contribution in [0.4, 0.5) is 0 Å². The fraction of sp³-hybridized carbons (Fsp3) is 0.300. The molecule has 0 bridgehead atoms. The Bertz CT molecular complexity index is 878. The van der Waals surface area contributed by atoms with Crippen molar-refractivity contribution in [2.75, 3.05) is 20.3 Å². The molecule has 2 aromatic heterocycles. The minimum atomic E-state index is 0. The minimum absolute atomic E-state index is 0. The number of methoxy groups -OCH3 is 1. The molecule has 1 fully saturated rings. The minimum Gasteiger partial charge on any atom is -0.492 e. The highest BCUT2D eigenvalue weighted by molar-refractivity contribution is 5.85. The molecule has 1 saturated carbocycles. The van der Waals surface area contributed by atoms with Crippen molar-refractivity contribution >= 4 is 24.8 Å². The van der Waals surface area contributed by atoms with Crippen LogP contribution in [0.2, 0.25) is 0 Å². The summed E-state index contributed by atoms with van der Waals surface area (Å²) in [6.07, 6.45) is 4.21. The Labute approximate surface area is 176 Å². The van der Waals surface area contributed by atoms with E-state index < -0.39 is 0 Å². The lowest BCUT2D eigenvalue weighted by atomic mass is 10.1. The van der Waals surface area contributed by atoms with Crippen LogP contribution in [0.5, 0.6) is 11.6 Å². The lowest BCUT2D eigenvalue weighted by molar-refractivity contribution is 0.328. The lowest BCUT2D eigenvalue weighted by Crippen LogP contribution is -2.10. The van der Waals surface area contributed by atoms with Crippen LogP contribution < -0.4 is 15.2 Å². The number of pyridine rings is 1. The Hall–Kier alpha value is -2.28. The molecule has 1 aliphatic carbocycles. The smallest absolute Gasteiger partial charge is 0.213 e. The molecule has 0 amide bonds. The van der Waals surface area contributed by atoms with Gasteiger partial charge in [0.05, 0.1) is 30.4 Å². The lowest BCUT2D eigenvalue weighted by Gasteiger charge is -2.09. The Morgan fingerprint density at radius 2 is 1.86 bits per heavy atom. The molecule has 1 aliphatic rings. The van der Waals surface area contributed by atoms with Crippen molar-refractivity contribution in [3.8, 4) is 28.6 Å². The molecule has 1 aromatic carbocycles. The van der Waals surface area contributed by atoms with E-state index in [1.807, 2.05) is 41.1 Å². The van der Waals surface area contributed by atoms with Crippen molar-refractivity contribution < 1.29 is 9.47 Å². The van der Waals surface area contributed by atoms with Crippen molar-refractivity contribution in [3.63, 3.8) is 0 Å². The normalized spacial score (nSPS) is 12.6. The number of nitrogens with two attached hydrogens (primary N) is 1. The van der Waals surface area contributed by atoms with Crippen LogP contribution in [-0.4, -0.2) is 35.0 Å². The third-order valence-corrected chi connectivity index (χ3v) is 4.43. The zero-order chi connectivity index (χ0) is 17.9. The zero-order valence-electron chi connectivity index (χ0n) is 15.6. The van der Waals surface area contributed by atoms with E-state index in [0.29, 0.717) is 24.9 Å². The SMILES string of the molecule is COc1ccc(-n2nc(C3CC3)cc2-c2ccc(OCCN)cc2)cn1.Cl.Cl. The number of nitrogens with zero attached hydrogens (tertiary/aromatic N) is 3. The van der Waals surface area contributed by atoms with Crippen LogP contribution in [-0.2, 0) is 0 Å². The first-order valence-corrected chi connectivity index (χ1v) is 8.82. The van der Waals surface area contributed by atoms with Gasteiger partial charge in [0.2, 0.25) is 5.88 Å². The summed E-state index contributed by atoms with van der Waals surface area (Å²) < 4.78 is 12.7. The second-order valence-electron chi connectivity index (χ2n) is 6.36. The molecule has 4 rings (SSSR count). The van der Waals surface area contributed by atoms with Gasteiger partial charge in [-0.05, 0) is 49.2 Å². The van der Waals surface area contributed by atoms with Crippen LogP contribution >= 0.6 is 24.8 Å². The Morgan fingerprint density at radius 3 is 2.43 bits per heavy atom. The molecule has 3 aromatic rings. The van der Waals surface area contributed by atoms with E-state index >= 15 is 0 Å². The van der Waals surface area contributed by atoms with Gasteiger partial charge >= 0.3 is 0 Å². The molecule has 0 saturated heterocycles. The van der Waals surface area contributed by atoms with E-state index in [9.17, 15) is 0 Å². The topological polar surface area (TPSA) is 75.2 Å². The van der Waals surface area contributed by atoms with E-state index in [0.717, 1.165) is 28.4 Å². The van der Waals surface area contributed by atoms with Crippen molar-refractivity contribution in [2.24, 2.45) is 5.73 Å². The average molecular weight is 423 g/mol. The molecule has 0 atom stereocenters. The van der Waals surface area contributed by atoms with E-state index in [1.54, 1.807) is 13.3 Å². The van der Waals surface area contributed by atoms with Crippen LogP contribution in [0.15, 0.2) is 48.7 Å². The van der Waals surface area contributed by atoms with Crippen molar-refractivity contribution in [1.29, 1.82) is 0 Å². The first kappa shape index (κ1) is 22.0. The van der Waals surface area contributed by atoms with E-state index in [-0.39, 0.29) is 24.8 Å². The largest absolute Gasteiger partial charge is 0.492 e. The molecule has 150 valence electrons. The number of hydrogen-bond donors (Lipinski definition) is 1. The third kappa shape index (κ3) is 4.76.